The fourth-order valence-corrected chi connectivity index (χ4v) is 1.62. The molecular weight excluding hydrogens is 152 g/mol. The molecule has 0 radical (unpaired) electrons. The SMILES string of the molecule is O=C(O)CCCCC1C=CCC1. The van der Waals surface area contributed by atoms with Gasteiger partial charge in [-0.1, -0.05) is 18.6 Å². The molecular formula is C10H16O2. The fourth-order valence-electron chi connectivity index (χ4n) is 1.62. The van der Waals surface area contributed by atoms with Crippen molar-refractivity contribution >= 4 is 5.97 Å². The van der Waals surface area contributed by atoms with Crippen LogP contribution in [-0.4, -0.2) is 11.1 Å². The molecule has 1 rings (SSSR count). The minimum atomic E-state index is -0.669. The lowest BCUT2D eigenvalue weighted by molar-refractivity contribution is -0.137. The van der Waals surface area contributed by atoms with Gasteiger partial charge < -0.3 is 5.11 Å². The minimum absolute atomic E-state index is 0.330. The first-order chi connectivity index (χ1) is 5.79. The number of carboxylic acids is 1. The molecule has 0 saturated carbocycles. The molecule has 0 amide bonds. The zero-order valence-corrected chi connectivity index (χ0v) is 7.33. The summed E-state index contributed by atoms with van der Waals surface area (Å²) in [5, 5.41) is 8.39. The Kier molecular flexibility index (Phi) is 3.85. The Balaban J connectivity index is 1.95. The van der Waals surface area contributed by atoms with Crippen molar-refractivity contribution in [3.63, 3.8) is 0 Å². The number of carboxylic acid groups (broad SMARTS) is 1. The Morgan fingerprint density at radius 3 is 2.92 bits per heavy atom. The molecule has 0 saturated heterocycles. The van der Waals surface area contributed by atoms with Crippen LogP contribution in [-0.2, 0) is 4.79 Å². The highest BCUT2D eigenvalue weighted by Crippen LogP contribution is 2.22. The standard InChI is InChI=1S/C10H16O2/c11-10(12)8-4-3-7-9-5-1-2-6-9/h1,5,9H,2-4,6-8H2,(H,11,12). The van der Waals surface area contributed by atoms with E-state index < -0.39 is 5.97 Å². The fraction of sp³-hybridized carbons (Fsp3) is 0.700. The lowest BCUT2D eigenvalue weighted by Gasteiger charge is -2.05. The molecule has 68 valence electrons. The van der Waals surface area contributed by atoms with Crippen molar-refractivity contribution in [2.45, 2.75) is 38.5 Å². The average molecular weight is 168 g/mol. The zero-order chi connectivity index (χ0) is 8.81. The molecule has 0 aromatic rings. The molecule has 1 aliphatic rings. The van der Waals surface area contributed by atoms with Crippen molar-refractivity contribution in [1.82, 2.24) is 0 Å². The highest BCUT2D eigenvalue weighted by Gasteiger charge is 2.08. The molecule has 0 bridgehead atoms. The first-order valence-corrected chi connectivity index (χ1v) is 4.67. The summed E-state index contributed by atoms with van der Waals surface area (Å²) < 4.78 is 0. The molecule has 0 aromatic heterocycles. The Labute approximate surface area is 73.3 Å². The molecule has 0 aromatic carbocycles. The quantitative estimate of drug-likeness (QED) is 0.506. The van der Waals surface area contributed by atoms with E-state index in [0.29, 0.717) is 6.42 Å². The summed E-state index contributed by atoms with van der Waals surface area (Å²) in [6.07, 6.45) is 10.4. The van der Waals surface area contributed by atoms with Crippen LogP contribution in [0.15, 0.2) is 12.2 Å². The largest absolute Gasteiger partial charge is 0.481 e. The molecule has 1 atom stereocenters. The van der Waals surface area contributed by atoms with Crippen LogP contribution < -0.4 is 0 Å². The Morgan fingerprint density at radius 1 is 1.50 bits per heavy atom. The van der Waals surface area contributed by atoms with Crippen molar-refractivity contribution in [3.05, 3.63) is 12.2 Å². The predicted molar refractivity (Wildman–Crippen MR) is 48.0 cm³/mol. The maximum atomic E-state index is 10.2. The summed E-state index contributed by atoms with van der Waals surface area (Å²) in [6.45, 7) is 0. The van der Waals surface area contributed by atoms with E-state index in [2.05, 4.69) is 12.2 Å². The number of hydrogen-bond donors (Lipinski definition) is 1. The van der Waals surface area contributed by atoms with E-state index >= 15 is 0 Å². The third-order valence-corrected chi connectivity index (χ3v) is 2.33. The Morgan fingerprint density at radius 2 is 2.33 bits per heavy atom. The highest BCUT2D eigenvalue weighted by molar-refractivity contribution is 5.66. The van der Waals surface area contributed by atoms with Gasteiger partial charge in [0.15, 0.2) is 0 Å². The second kappa shape index (κ2) is 4.96. The van der Waals surface area contributed by atoms with Gasteiger partial charge in [-0.05, 0) is 31.6 Å². The van der Waals surface area contributed by atoms with E-state index in [9.17, 15) is 4.79 Å². The molecule has 2 heteroatoms. The summed E-state index contributed by atoms with van der Waals surface area (Å²) in [7, 11) is 0. The molecule has 1 N–H and O–H groups in total. The van der Waals surface area contributed by atoms with Gasteiger partial charge in [-0.2, -0.15) is 0 Å². The van der Waals surface area contributed by atoms with Crippen LogP contribution in [0.4, 0.5) is 0 Å². The number of hydrogen-bond acceptors (Lipinski definition) is 1. The van der Waals surface area contributed by atoms with Crippen LogP contribution in [0.25, 0.3) is 0 Å². The summed E-state index contributed by atoms with van der Waals surface area (Å²) >= 11 is 0. The topological polar surface area (TPSA) is 37.3 Å². The molecule has 2 nitrogen and oxygen atoms in total. The van der Waals surface area contributed by atoms with Crippen molar-refractivity contribution in [1.29, 1.82) is 0 Å². The smallest absolute Gasteiger partial charge is 0.303 e. The second-order valence-electron chi connectivity index (χ2n) is 3.41. The van der Waals surface area contributed by atoms with E-state index in [1.54, 1.807) is 0 Å². The van der Waals surface area contributed by atoms with Gasteiger partial charge in [-0.25, -0.2) is 0 Å². The molecule has 0 heterocycles. The summed E-state index contributed by atoms with van der Waals surface area (Å²) in [5.41, 5.74) is 0. The third-order valence-electron chi connectivity index (χ3n) is 2.33. The number of unbranched alkanes of at least 4 members (excludes halogenated alkanes) is 1. The zero-order valence-electron chi connectivity index (χ0n) is 7.33. The van der Waals surface area contributed by atoms with Crippen LogP contribution in [0.5, 0.6) is 0 Å². The number of rotatable bonds is 5. The first-order valence-electron chi connectivity index (χ1n) is 4.67. The predicted octanol–water partition coefficient (Wildman–Crippen LogP) is 2.60. The Bertz CT molecular complexity index is 173. The van der Waals surface area contributed by atoms with Crippen LogP contribution in [0.3, 0.4) is 0 Å². The summed E-state index contributed by atoms with van der Waals surface area (Å²) in [4.78, 5) is 10.2. The van der Waals surface area contributed by atoms with Gasteiger partial charge >= 0.3 is 5.97 Å². The minimum Gasteiger partial charge on any atom is -0.481 e. The van der Waals surface area contributed by atoms with E-state index in [4.69, 9.17) is 5.11 Å². The number of aliphatic carboxylic acids is 1. The Hall–Kier alpha value is -0.790. The highest BCUT2D eigenvalue weighted by atomic mass is 16.4. The average Bonchev–Trinajstić information content (AvgIpc) is 2.49. The van der Waals surface area contributed by atoms with E-state index in [0.717, 1.165) is 18.8 Å². The van der Waals surface area contributed by atoms with Gasteiger partial charge in [0.25, 0.3) is 0 Å². The van der Waals surface area contributed by atoms with Gasteiger partial charge in [0, 0.05) is 6.42 Å². The normalized spacial score (nSPS) is 21.5. The van der Waals surface area contributed by atoms with Gasteiger partial charge in [0.05, 0.1) is 0 Å². The van der Waals surface area contributed by atoms with Crippen LogP contribution in [0.1, 0.15) is 38.5 Å². The van der Waals surface area contributed by atoms with Crippen LogP contribution >= 0.6 is 0 Å². The number of carbonyl (C=O) groups is 1. The van der Waals surface area contributed by atoms with E-state index in [-0.39, 0.29) is 0 Å². The van der Waals surface area contributed by atoms with Gasteiger partial charge in [-0.15, -0.1) is 0 Å². The molecule has 0 fully saturated rings. The summed E-state index contributed by atoms with van der Waals surface area (Å²) in [5.74, 6) is 0.0655. The lowest BCUT2D eigenvalue weighted by atomic mass is 10.0. The van der Waals surface area contributed by atoms with E-state index in [1.165, 1.54) is 19.3 Å². The van der Waals surface area contributed by atoms with Crippen molar-refractivity contribution in [3.8, 4) is 0 Å². The van der Waals surface area contributed by atoms with Crippen molar-refractivity contribution < 1.29 is 9.90 Å². The van der Waals surface area contributed by atoms with Crippen LogP contribution in [0, 0.1) is 5.92 Å². The van der Waals surface area contributed by atoms with Gasteiger partial charge in [-0.3, -0.25) is 4.79 Å². The van der Waals surface area contributed by atoms with Gasteiger partial charge in [0.2, 0.25) is 0 Å². The molecule has 12 heavy (non-hydrogen) atoms. The second-order valence-corrected chi connectivity index (χ2v) is 3.41. The molecule has 0 spiro atoms. The van der Waals surface area contributed by atoms with Crippen molar-refractivity contribution in [2.75, 3.05) is 0 Å². The lowest BCUT2D eigenvalue weighted by Crippen LogP contribution is -1.96. The maximum absolute atomic E-state index is 10.2. The number of allylic oxidation sites excluding steroid dienone is 2. The molecule has 0 aliphatic heterocycles. The summed E-state index contributed by atoms with van der Waals surface area (Å²) in [6, 6.07) is 0. The third kappa shape index (κ3) is 3.56. The molecule has 1 aliphatic carbocycles. The first kappa shape index (κ1) is 9.30. The van der Waals surface area contributed by atoms with Gasteiger partial charge in [0.1, 0.15) is 0 Å². The monoisotopic (exact) mass is 168 g/mol. The van der Waals surface area contributed by atoms with Crippen LogP contribution in [0.2, 0.25) is 0 Å². The molecule has 1 unspecified atom stereocenters. The van der Waals surface area contributed by atoms with Crippen molar-refractivity contribution in [2.24, 2.45) is 5.92 Å². The van der Waals surface area contributed by atoms with E-state index in [1.807, 2.05) is 0 Å². The maximum Gasteiger partial charge on any atom is 0.303 e.